The first-order valence-corrected chi connectivity index (χ1v) is 7.39. The Labute approximate surface area is 130 Å². The Balaban J connectivity index is 2.37. The van der Waals surface area contributed by atoms with Gasteiger partial charge < -0.3 is 0 Å². The van der Waals surface area contributed by atoms with Crippen molar-refractivity contribution in [3.05, 3.63) is 70.0 Å². The molecule has 0 aromatic heterocycles. The SMILES string of the molecule is CC(C)Cc1cccc(C(NN)c2ccc(F)cc2Cl)c1. The van der Waals surface area contributed by atoms with Gasteiger partial charge in [-0.25, -0.2) is 9.82 Å². The molecule has 2 rings (SSSR count). The molecule has 4 heteroatoms. The summed E-state index contributed by atoms with van der Waals surface area (Å²) in [5.74, 6) is 5.92. The third-order valence-corrected chi connectivity index (χ3v) is 3.70. The van der Waals surface area contributed by atoms with E-state index in [1.165, 1.54) is 17.7 Å². The number of hydrazine groups is 1. The van der Waals surface area contributed by atoms with Crippen LogP contribution in [0.2, 0.25) is 5.02 Å². The van der Waals surface area contributed by atoms with Crippen LogP contribution in [0.25, 0.3) is 0 Å². The second-order valence-electron chi connectivity index (χ2n) is 5.61. The molecule has 1 unspecified atom stereocenters. The molecule has 1 atom stereocenters. The summed E-state index contributed by atoms with van der Waals surface area (Å²) in [4.78, 5) is 0. The van der Waals surface area contributed by atoms with Crippen LogP contribution in [0, 0.1) is 11.7 Å². The van der Waals surface area contributed by atoms with Crippen LogP contribution in [0.1, 0.15) is 36.6 Å². The van der Waals surface area contributed by atoms with Gasteiger partial charge in [-0.05, 0) is 41.2 Å². The van der Waals surface area contributed by atoms with E-state index in [0.717, 1.165) is 17.5 Å². The maximum Gasteiger partial charge on any atom is 0.124 e. The second-order valence-corrected chi connectivity index (χ2v) is 6.02. The molecule has 21 heavy (non-hydrogen) atoms. The summed E-state index contributed by atoms with van der Waals surface area (Å²) in [5.41, 5.74) is 5.80. The van der Waals surface area contributed by atoms with Crippen LogP contribution in [0.4, 0.5) is 4.39 Å². The number of rotatable bonds is 5. The number of benzene rings is 2. The first-order valence-electron chi connectivity index (χ1n) is 7.01. The zero-order chi connectivity index (χ0) is 15.4. The predicted octanol–water partition coefficient (Wildman–Crippen LogP) is 4.23. The molecule has 0 aliphatic carbocycles. The zero-order valence-electron chi connectivity index (χ0n) is 12.2. The van der Waals surface area contributed by atoms with Gasteiger partial charge in [0.05, 0.1) is 6.04 Å². The predicted molar refractivity (Wildman–Crippen MR) is 85.6 cm³/mol. The van der Waals surface area contributed by atoms with Crippen molar-refractivity contribution in [1.29, 1.82) is 0 Å². The minimum atomic E-state index is -0.354. The fourth-order valence-corrected chi connectivity index (χ4v) is 2.75. The summed E-state index contributed by atoms with van der Waals surface area (Å²) in [6.45, 7) is 4.37. The van der Waals surface area contributed by atoms with Gasteiger partial charge in [-0.15, -0.1) is 0 Å². The molecule has 0 saturated heterocycles. The quantitative estimate of drug-likeness (QED) is 0.641. The molecule has 0 amide bonds. The Morgan fingerprint density at radius 1 is 1.19 bits per heavy atom. The summed E-state index contributed by atoms with van der Waals surface area (Å²) < 4.78 is 13.2. The first kappa shape index (κ1) is 16.0. The van der Waals surface area contributed by atoms with Crippen LogP contribution < -0.4 is 11.3 Å². The fraction of sp³-hybridized carbons (Fsp3) is 0.294. The van der Waals surface area contributed by atoms with Gasteiger partial charge in [0, 0.05) is 5.02 Å². The highest BCUT2D eigenvalue weighted by atomic mass is 35.5. The first-order chi connectivity index (χ1) is 10.0. The Kier molecular flexibility index (Phi) is 5.34. The van der Waals surface area contributed by atoms with Gasteiger partial charge in [0.25, 0.3) is 0 Å². The zero-order valence-corrected chi connectivity index (χ0v) is 13.0. The molecule has 0 aliphatic heterocycles. The van der Waals surface area contributed by atoms with Gasteiger partial charge in [0.2, 0.25) is 0 Å². The van der Waals surface area contributed by atoms with Gasteiger partial charge in [0.1, 0.15) is 5.82 Å². The minimum absolute atomic E-state index is 0.259. The molecule has 0 spiro atoms. The summed E-state index contributed by atoms with van der Waals surface area (Å²) in [7, 11) is 0. The largest absolute Gasteiger partial charge is 0.271 e. The van der Waals surface area contributed by atoms with E-state index < -0.39 is 0 Å². The lowest BCUT2D eigenvalue weighted by molar-refractivity contribution is 0.613. The summed E-state index contributed by atoms with van der Waals surface area (Å²) in [6.07, 6.45) is 1.00. The molecule has 2 aromatic rings. The molecule has 3 N–H and O–H groups in total. The highest BCUT2D eigenvalue weighted by Crippen LogP contribution is 2.29. The highest BCUT2D eigenvalue weighted by Gasteiger charge is 2.16. The van der Waals surface area contributed by atoms with E-state index in [1.807, 2.05) is 12.1 Å². The minimum Gasteiger partial charge on any atom is -0.271 e. The third kappa shape index (κ3) is 4.03. The molecule has 2 aromatic carbocycles. The van der Waals surface area contributed by atoms with Gasteiger partial charge in [-0.2, -0.15) is 0 Å². The van der Waals surface area contributed by atoms with Crippen LogP contribution in [0.5, 0.6) is 0 Å². The number of hydrogen-bond donors (Lipinski definition) is 2. The average Bonchev–Trinajstić information content (AvgIpc) is 2.41. The van der Waals surface area contributed by atoms with Crippen molar-refractivity contribution in [2.75, 3.05) is 0 Å². The average molecular weight is 307 g/mol. The lowest BCUT2D eigenvalue weighted by Crippen LogP contribution is -2.29. The Morgan fingerprint density at radius 3 is 2.57 bits per heavy atom. The molecule has 0 saturated carbocycles. The normalized spacial score (nSPS) is 12.7. The van der Waals surface area contributed by atoms with Crippen molar-refractivity contribution in [3.63, 3.8) is 0 Å². The van der Waals surface area contributed by atoms with Gasteiger partial charge in [-0.1, -0.05) is 55.8 Å². The second kappa shape index (κ2) is 7.03. The maximum atomic E-state index is 13.2. The lowest BCUT2D eigenvalue weighted by atomic mass is 9.95. The van der Waals surface area contributed by atoms with Crippen LogP contribution >= 0.6 is 11.6 Å². The van der Waals surface area contributed by atoms with Crippen molar-refractivity contribution in [2.24, 2.45) is 11.8 Å². The smallest absolute Gasteiger partial charge is 0.124 e. The van der Waals surface area contributed by atoms with E-state index >= 15 is 0 Å². The molecule has 0 aliphatic rings. The van der Waals surface area contributed by atoms with Crippen LogP contribution in [-0.2, 0) is 6.42 Å². The van der Waals surface area contributed by atoms with E-state index in [4.69, 9.17) is 17.4 Å². The van der Waals surface area contributed by atoms with Gasteiger partial charge in [0.15, 0.2) is 0 Å². The fourth-order valence-electron chi connectivity index (χ4n) is 2.47. The monoisotopic (exact) mass is 306 g/mol. The van der Waals surface area contributed by atoms with Gasteiger partial charge in [-0.3, -0.25) is 5.84 Å². The van der Waals surface area contributed by atoms with Crippen molar-refractivity contribution < 1.29 is 4.39 Å². The molecule has 0 fully saturated rings. The molecule has 0 bridgehead atoms. The van der Waals surface area contributed by atoms with E-state index in [2.05, 4.69) is 31.4 Å². The van der Waals surface area contributed by atoms with Crippen LogP contribution in [0.3, 0.4) is 0 Å². The topological polar surface area (TPSA) is 38.0 Å². The number of halogens is 2. The van der Waals surface area contributed by atoms with Crippen molar-refractivity contribution in [3.8, 4) is 0 Å². The van der Waals surface area contributed by atoms with Crippen molar-refractivity contribution in [1.82, 2.24) is 5.43 Å². The molecule has 2 nitrogen and oxygen atoms in total. The number of hydrogen-bond acceptors (Lipinski definition) is 2. The molecule has 0 radical (unpaired) electrons. The maximum absolute atomic E-state index is 13.2. The van der Waals surface area contributed by atoms with Crippen LogP contribution in [-0.4, -0.2) is 0 Å². The van der Waals surface area contributed by atoms with E-state index in [-0.39, 0.29) is 11.9 Å². The number of nitrogens with two attached hydrogens (primary N) is 1. The van der Waals surface area contributed by atoms with Crippen molar-refractivity contribution in [2.45, 2.75) is 26.3 Å². The van der Waals surface area contributed by atoms with Crippen molar-refractivity contribution >= 4 is 11.6 Å². The van der Waals surface area contributed by atoms with Gasteiger partial charge >= 0.3 is 0 Å². The van der Waals surface area contributed by atoms with E-state index in [1.54, 1.807) is 6.07 Å². The molecule has 112 valence electrons. The van der Waals surface area contributed by atoms with E-state index in [0.29, 0.717) is 10.9 Å². The molecule has 0 heterocycles. The molecular weight excluding hydrogens is 287 g/mol. The Hall–Kier alpha value is -1.42. The van der Waals surface area contributed by atoms with Crippen LogP contribution in [0.15, 0.2) is 42.5 Å². The Morgan fingerprint density at radius 2 is 1.95 bits per heavy atom. The summed E-state index contributed by atoms with van der Waals surface area (Å²) in [6, 6.07) is 12.3. The summed E-state index contributed by atoms with van der Waals surface area (Å²) >= 11 is 6.14. The third-order valence-electron chi connectivity index (χ3n) is 3.37. The lowest BCUT2D eigenvalue weighted by Gasteiger charge is -2.19. The highest BCUT2D eigenvalue weighted by molar-refractivity contribution is 6.31. The summed E-state index contributed by atoms with van der Waals surface area (Å²) in [5, 5.41) is 0.368. The Bertz CT molecular complexity index is 613. The van der Waals surface area contributed by atoms with E-state index in [9.17, 15) is 4.39 Å². The molecular formula is C17H20ClFN2. The number of nitrogens with one attached hydrogen (secondary N) is 1. The standard InChI is InChI=1S/C17H20ClFN2/c1-11(2)8-12-4-3-5-13(9-12)17(21-20)15-7-6-14(19)10-16(15)18/h3-7,9-11,17,21H,8,20H2,1-2H3.